The van der Waals surface area contributed by atoms with Crippen LogP contribution in [0.25, 0.3) is 0 Å². The van der Waals surface area contributed by atoms with E-state index < -0.39 is 17.4 Å². The summed E-state index contributed by atoms with van der Waals surface area (Å²) < 4.78 is 1.10. The number of carbonyl (C=O) groups excluding carboxylic acids is 1. The van der Waals surface area contributed by atoms with Gasteiger partial charge in [-0.25, -0.2) is 4.79 Å². The number of terminal acetylenes is 1. The first-order valence-electron chi connectivity index (χ1n) is 4.68. The normalized spacial score (nSPS) is 9.35. The second kappa shape index (κ2) is 5.51. The maximum absolute atomic E-state index is 11.4. The first-order chi connectivity index (χ1) is 8.04. The summed E-state index contributed by atoms with van der Waals surface area (Å²) in [5.74, 6) is 0.628. The Labute approximate surface area is 96.9 Å². The minimum Gasteiger partial charge on any atom is -0.478 e. The van der Waals surface area contributed by atoms with Crippen LogP contribution in [0.15, 0.2) is 23.1 Å². The molecule has 0 atom stereocenters. The Morgan fingerprint density at radius 1 is 1.53 bits per heavy atom. The van der Waals surface area contributed by atoms with Crippen LogP contribution in [0.1, 0.15) is 10.4 Å². The molecule has 1 heterocycles. The zero-order chi connectivity index (χ0) is 12.8. The lowest BCUT2D eigenvalue weighted by Gasteiger charge is -2.05. The largest absolute Gasteiger partial charge is 0.478 e. The summed E-state index contributed by atoms with van der Waals surface area (Å²) in [5, 5.41) is 11.0. The highest BCUT2D eigenvalue weighted by Gasteiger charge is 2.07. The fourth-order valence-electron chi connectivity index (χ4n) is 1.13. The van der Waals surface area contributed by atoms with Crippen LogP contribution < -0.4 is 10.9 Å². The van der Waals surface area contributed by atoms with Crippen LogP contribution in [-0.4, -0.2) is 28.1 Å². The van der Waals surface area contributed by atoms with E-state index in [2.05, 4.69) is 11.2 Å². The van der Waals surface area contributed by atoms with Crippen molar-refractivity contribution >= 4 is 11.9 Å². The Balaban J connectivity index is 2.80. The molecule has 6 nitrogen and oxygen atoms in total. The molecule has 1 rings (SSSR count). The van der Waals surface area contributed by atoms with Crippen molar-refractivity contribution in [1.29, 1.82) is 0 Å². The van der Waals surface area contributed by atoms with Gasteiger partial charge in [0.2, 0.25) is 5.91 Å². The fourth-order valence-corrected chi connectivity index (χ4v) is 1.13. The Bertz CT molecular complexity index is 539. The van der Waals surface area contributed by atoms with Crippen LogP contribution in [0.3, 0.4) is 0 Å². The molecule has 0 aliphatic carbocycles. The number of amides is 1. The zero-order valence-corrected chi connectivity index (χ0v) is 8.84. The molecule has 0 radical (unpaired) electrons. The number of carboxylic acid groups (broad SMARTS) is 1. The lowest BCUT2D eigenvalue weighted by atomic mass is 10.3. The number of nitrogens with zero attached hydrogens (tertiary/aromatic N) is 1. The summed E-state index contributed by atoms with van der Waals surface area (Å²) in [7, 11) is 0. The third kappa shape index (κ3) is 3.50. The van der Waals surface area contributed by atoms with Crippen LogP contribution in [-0.2, 0) is 11.3 Å². The maximum Gasteiger partial charge on any atom is 0.335 e. The highest BCUT2D eigenvalue weighted by molar-refractivity contribution is 5.87. The standard InChI is InChI=1S/C11H10N2O4/c1-2-4-12-9(14)7-13-5-3-8(11(16)17)6-10(13)15/h1,3,5-6H,4,7H2,(H,12,14)(H,16,17). The Hall–Kier alpha value is -2.55. The number of hydrogen-bond donors (Lipinski definition) is 2. The van der Waals surface area contributed by atoms with Crippen LogP contribution >= 0.6 is 0 Å². The maximum atomic E-state index is 11.4. The van der Waals surface area contributed by atoms with E-state index in [1.54, 1.807) is 0 Å². The van der Waals surface area contributed by atoms with Crippen LogP contribution in [0.5, 0.6) is 0 Å². The van der Waals surface area contributed by atoms with Gasteiger partial charge < -0.3 is 15.0 Å². The van der Waals surface area contributed by atoms with Crippen LogP contribution in [0, 0.1) is 12.3 Å². The molecule has 0 spiro atoms. The van der Waals surface area contributed by atoms with Crippen molar-refractivity contribution in [3.05, 3.63) is 34.2 Å². The van der Waals surface area contributed by atoms with Gasteiger partial charge in [0, 0.05) is 12.3 Å². The summed E-state index contributed by atoms with van der Waals surface area (Å²) in [5.41, 5.74) is -0.670. The van der Waals surface area contributed by atoms with Crippen LogP contribution in [0.4, 0.5) is 0 Å². The average molecular weight is 234 g/mol. The fraction of sp³-hybridized carbons (Fsp3) is 0.182. The van der Waals surface area contributed by atoms with Crippen molar-refractivity contribution in [2.24, 2.45) is 0 Å². The molecule has 1 amide bonds. The molecule has 0 unspecified atom stereocenters. The molecule has 6 heteroatoms. The number of rotatable bonds is 4. The minimum absolute atomic E-state index is 0.0841. The van der Waals surface area contributed by atoms with Crippen molar-refractivity contribution in [2.45, 2.75) is 6.54 Å². The molecule has 1 aromatic heterocycles. The van der Waals surface area contributed by atoms with E-state index in [0.717, 1.165) is 10.6 Å². The van der Waals surface area contributed by atoms with Crippen LogP contribution in [0.2, 0.25) is 0 Å². The summed E-state index contributed by atoms with van der Waals surface area (Å²) >= 11 is 0. The summed E-state index contributed by atoms with van der Waals surface area (Å²) in [4.78, 5) is 33.3. The Morgan fingerprint density at radius 2 is 2.24 bits per heavy atom. The summed E-state index contributed by atoms with van der Waals surface area (Å²) in [6.07, 6.45) is 6.21. The smallest absolute Gasteiger partial charge is 0.335 e. The molecule has 88 valence electrons. The lowest BCUT2D eigenvalue weighted by Crippen LogP contribution is -2.32. The molecule has 2 N–H and O–H groups in total. The molecular formula is C11H10N2O4. The van der Waals surface area contributed by atoms with Crippen molar-refractivity contribution in [3.8, 4) is 12.3 Å². The topological polar surface area (TPSA) is 88.4 Å². The lowest BCUT2D eigenvalue weighted by molar-refractivity contribution is -0.121. The minimum atomic E-state index is -1.19. The summed E-state index contributed by atoms with van der Waals surface area (Å²) in [6.45, 7) is -0.110. The van der Waals surface area contributed by atoms with Gasteiger partial charge in [-0.05, 0) is 6.07 Å². The first kappa shape index (κ1) is 12.5. The van der Waals surface area contributed by atoms with E-state index in [0.29, 0.717) is 0 Å². The van der Waals surface area contributed by atoms with E-state index in [4.69, 9.17) is 11.5 Å². The number of nitrogens with one attached hydrogen (secondary N) is 1. The molecule has 0 saturated carbocycles. The van der Waals surface area contributed by atoms with Gasteiger partial charge in [0.05, 0.1) is 12.1 Å². The van der Waals surface area contributed by atoms with Crippen molar-refractivity contribution < 1.29 is 14.7 Å². The number of carboxylic acids is 1. The number of carbonyl (C=O) groups is 2. The van der Waals surface area contributed by atoms with E-state index in [-0.39, 0.29) is 18.7 Å². The average Bonchev–Trinajstić information content (AvgIpc) is 2.28. The van der Waals surface area contributed by atoms with E-state index in [9.17, 15) is 14.4 Å². The monoisotopic (exact) mass is 234 g/mol. The highest BCUT2D eigenvalue weighted by Crippen LogP contribution is 1.94. The molecule has 17 heavy (non-hydrogen) atoms. The van der Waals surface area contributed by atoms with Gasteiger partial charge >= 0.3 is 5.97 Å². The quantitative estimate of drug-likeness (QED) is 0.674. The number of aromatic nitrogens is 1. The zero-order valence-electron chi connectivity index (χ0n) is 8.84. The Morgan fingerprint density at radius 3 is 2.76 bits per heavy atom. The molecule has 1 aromatic rings. The van der Waals surface area contributed by atoms with Gasteiger partial charge in [0.15, 0.2) is 0 Å². The third-order valence-corrected chi connectivity index (χ3v) is 1.94. The van der Waals surface area contributed by atoms with Crippen molar-refractivity contribution in [3.63, 3.8) is 0 Å². The molecule has 0 fully saturated rings. The molecule has 0 aliphatic heterocycles. The second-order valence-corrected chi connectivity index (χ2v) is 3.17. The third-order valence-electron chi connectivity index (χ3n) is 1.94. The molecule has 0 bridgehead atoms. The van der Waals surface area contributed by atoms with Gasteiger partial charge in [0.1, 0.15) is 6.54 Å². The molecule has 0 aliphatic rings. The predicted octanol–water partition coefficient (Wildman–Crippen LogP) is -0.704. The van der Waals surface area contributed by atoms with Gasteiger partial charge in [-0.1, -0.05) is 5.92 Å². The molecular weight excluding hydrogens is 224 g/mol. The van der Waals surface area contributed by atoms with E-state index >= 15 is 0 Å². The molecule has 0 saturated heterocycles. The second-order valence-electron chi connectivity index (χ2n) is 3.17. The Kier molecular flexibility index (Phi) is 4.06. The summed E-state index contributed by atoms with van der Waals surface area (Å²) in [6, 6.07) is 2.20. The highest BCUT2D eigenvalue weighted by atomic mass is 16.4. The number of pyridine rings is 1. The van der Waals surface area contributed by atoms with Gasteiger partial charge in [-0.15, -0.1) is 6.42 Å². The van der Waals surface area contributed by atoms with Gasteiger partial charge in [0.25, 0.3) is 5.56 Å². The van der Waals surface area contributed by atoms with Crippen molar-refractivity contribution in [1.82, 2.24) is 9.88 Å². The van der Waals surface area contributed by atoms with E-state index in [1.807, 2.05) is 0 Å². The number of aromatic carboxylic acids is 1. The van der Waals surface area contributed by atoms with Gasteiger partial charge in [-0.3, -0.25) is 9.59 Å². The first-order valence-corrected chi connectivity index (χ1v) is 4.68. The molecule has 0 aromatic carbocycles. The van der Waals surface area contributed by atoms with E-state index in [1.165, 1.54) is 12.3 Å². The van der Waals surface area contributed by atoms with Gasteiger partial charge in [-0.2, -0.15) is 0 Å². The van der Waals surface area contributed by atoms with Crippen molar-refractivity contribution in [2.75, 3.05) is 6.54 Å². The SMILES string of the molecule is C#CCNC(=O)Cn1ccc(C(=O)O)cc1=O. The predicted molar refractivity (Wildman–Crippen MR) is 59.5 cm³/mol. The number of hydrogen-bond acceptors (Lipinski definition) is 3.